The van der Waals surface area contributed by atoms with E-state index in [9.17, 15) is 4.79 Å². The van der Waals surface area contributed by atoms with Gasteiger partial charge >= 0.3 is 0 Å². The summed E-state index contributed by atoms with van der Waals surface area (Å²) >= 11 is 6.16. The number of amides is 1. The molecular weight excluding hydrogens is 302 g/mol. The van der Waals surface area contributed by atoms with E-state index in [4.69, 9.17) is 20.8 Å². The average Bonchev–Trinajstić information content (AvgIpc) is 2.95. The zero-order valence-electron chi connectivity index (χ0n) is 12.6. The van der Waals surface area contributed by atoms with E-state index in [2.05, 4.69) is 0 Å². The van der Waals surface area contributed by atoms with Crippen LogP contribution in [0.1, 0.15) is 24.4 Å². The fraction of sp³-hybridized carbons (Fsp3) is 0.353. The van der Waals surface area contributed by atoms with Gasteiger partial charge in [0.2, 0.25) is 0 Å². The number of carbonyl (C=O) groups is 1. The molecule has 0 saturated carbocycles. The predicted molar refractivity (Wildman–Crippen MR) is 85.1 cm³/mol. The summed E-state index contributed by atoms with van der Waals surface area (Å²) in [7, 11) is 0. The molecule has 1 saturated heterocycles. The van der Waals surface area contributed by atoms with Gasteiger partial charge in [0.05, 0.1) is 17.2 Å². The van der Waals surface area contributed by atoms with Crippen LogP contribution in [-0.4, -0.2) is 36.1 Å². The Bertz CT molecular complexity index is 693. The Balaban J connectivity index is 1.82. The summed E-state index contributed by atoms with van der Waals surface area (Å²) in [4.78, 5) is 14.3. The van der Waals surface area contributed by atoms with E-state index < -0.39 is 0 Å². The minimum Gasteiger partial charge on any atom is -0.451 e. The van der Waals surface area contributed by atoms with Gasteiger partial charge in [-0.25, -0.2) is 0 Å². The number of halogens is 1. The number of carbonyl (C=O) groups excluding carboxylic acids is 1. The van der Waals surface area contributed by atoms with Crippen molar-refractivity contribution in [3.8, 4) is 11.3 Å². The number of rotatable bonds is 2. The Hall–Kier alpha value is -1.78. The predicted octanol–water partition coefficient (Wildman–Crippen LogP) is 3.85. The lowest BCUT2D eigenvalue weighted by molar-refractivity contribution is -0.0768. The molecule has 22 heavy (non-hydrogen) atoms. The zero-order valence-corrected chi connectivity index (χ0v) is 13.4. The maximum Gasteiger partial charge on any atom is 0.289 e. The van der Waals surface area contributed by atoms with Crippen molar-refractivity contribution in [2.75, 3.05) is 19.7 Å². The third-order valence-electron chi connectivity index (χ3n) is 3.67. The van der Waals surface area contributed by atoms with E-state index >= 15 is 0 Å². The summed E-state index contributed by atoms with van der Waals surface area (Å²) in [5.41, 5.74) is 0.456. The number of hydrogen-bond donors (Lipinski definition) is 0. The van der Waals surface area contributed by atoms with Crippen molar-refractivity contribution < 1.29 is 13.9 Å². The van der Waals surface area contributed by atoms with Crippen LogP contribution in [0.3, 0.4) is 0 Å². The molecule has 1 aromatic heterocycles. The van der Waals surface area contributed by atoms with E-state index in [0.29, 0.717) is 36.2 Å². The third kappa shape index (κ3) is 3.03. The molecule has 0 unspecified atom stereocenters. The smallest absolute Gasteiger partial charge is 0.289 e. The molecule has 0 N–H and O–H groups in total. The second kappa shape index (κ2) is 5.78. The van der Waals surface area contributed by atoms with Crippen LogP contribution in [0.25, 0.3) is 11.3 Å². The van der Waals surface area contributed by atoms with Gasteiger partial charge in [-0.1, -0.05) is 23.7 Å². The molecule has 2 heterocycles. The molecule has 1 aliphatic heterocycles. The molecule has 0 bridgehead atoms. The van der Waals surface area contributed by atoms with Gasteiger partial charge in [-0.15, -0.1) is 0 Å². The van der Waals surface area contributed by atoms with E-state index in [1.807, 2.05) is 32.0 Å². The van der Waals surface area contributed by atoms with Gasteiger partial charge in [0.1, 0.15) is 5.76 Å². The first-order chi connectivity index (χ1) is 10.5. The highest BCUT2D eigenvalue weighted by Gasteiger charge is 2.31. The summed E-state index contributed by atoms with van der Waals surface area (Å²) in [6, 6.07) is 10.9. The number of benzene rings is 1. The molecule has 1 aromatic carbocycles. The van der Waals surface area contributed by atoms with E-state index in [1.54, 1.807) is 23.1 Å². The SMILES string of the molecule is CC1(C)CN(C(=O)c2ccc(-c3ccccc3Cl)o2)CCO1. The maximum atomic E-state index is 12.6. The minimum atomic E-state index is -0.327. The summed E-state index contributed by atoms with van der Waals surface area (Å²) < 4.78 is 11.3. The van der Waals surface area contributed by atoms with E-state index in [1.165, 1.54) is 0 Å². The topological polar surface area (TPSA) is 42.7 Å². The lowest BCUT2D eigenvalue weighted by Crippen LogP contribution is -2.50. The minimum absolute atomic E-state index is 0.116. The first kappa shape index (κ1) is 15.1. The average molecular weight is 320 g/mol. The van der Waals surface area contributed by atoms with Crippen molar-refractivity contribution in [3.05, 3.63) is 47.2 Å². The van der Waals surface area contributed by atoms with Gasteiger partial charge in [-0.3, -0.25) is 4.79 Å². The Kier molecular flexibility index (Phi) is 3.98. The largest absolute Gasteiger partial charge is 0.451 e. The van der Waals surface area contributed by atoms with Crippen LogP contribution in [0, 0.1) is 0 Å². The molecule has 5 heteroatoms. The molecule has 1 aliphatic rings. The highest BCUT2D eigenvalue weighted by Crippen LogP contribution is 2.29. The van der Waals surface area contributed by atoms with Crippen molar-refractivity contribution in [1.82, 2.24) is 4.90 Å². The van der Waals surface area contributed by atoms with Crippen LogP contribution in [-0.2, 0) is 4.74 Å². The Labute approximate surface area is 134 Å². The van der Waals surface area contributed by atoms with Crippen LogP contribution in [0.4, 0.5) is 0 Å². The molecule has 2 aromatic rings. The summed E-state index contributed by atoms with van der Waals surface area (Å²) in [5, 5.41) is 0.600. The Morgan fingerprint density at radius 2 is 2.00 bits per heavy atom. The van der Waals surface area contributed by atoms with E-state index in [0.717, 1.165) is 5.56 Å². The molecular formula is C17H18ClNO3. The molecule has 3 rings (SSSR count). The van der Waals surface area contributed by atoms with Crippen molar-refractivity contribution in [2.24, 2.45) is 0 Å². The molecule has 0 radical (unpaired) electrons. The fourth-order valence-electron chi connectivity index (χ4n) is 2.60. The number of nitrogens with zero attached hydrogens (tertiary/aromatic N) is 1. The van der Waals surface area contributed by atoms with Crippen molar-refractivity contribution >= 4 is 17.5 Å². The standard InChI is InChI=1S/C17H18ClNO3/c1-17(2)11-19(9-10-21-17)16(20)15-8-7-14(22-15)12-5-3-4-6-13(12)18/h3-8H,9-11H2,1-2H3. The summed E-state index contributed by atoms with van der Waals surface area (Å²) in [6.45, 7) is 5.61. The third-order valence-corrected chi connectivity index (χ3v) is 4.00. The number of hydrogen-bond acceptors (Lipinski definition) is 3. The number of morpholine rings is 1. The number of furan rings is 1. The highest BCUT2D eigenvalue weighted by molar-refractivity contribution is 6.33. The molecule has 0 aliphatic carbocycles. The second-order valence-corrected chi connectivity index (χ2v) is 6.39. The van der Waals surface area contributed by atoms with Gasteiger partial charge in [0.25, 0.3) is 5.91 Å². The molecule has 0 atom stereocenters. The van der Waals surface area contributed by atoms with Crippen LogP contribution in [0.5, 0.6) is 0 Å². The Morgan fingerprint density at radius 1 is 1.23 bits per heavy atom. The van der Waals surface area contributed by atoms with Crippen LogP contribution < -0.4 is 0 Å². The van der Waals surface area contributed by atoms with Crippen LogP contribution >= 0.6 is 11.6 Å². The van der Waals surface area contributed by atoms with Gasteiger partial charge in [-0.2, -0.15) is 0 Å². The first-order valence-electron chi connectivity index (χ1n) is 7.24. The lowest BCUT2D eigenvalue weighted by atomic mass is 10.1. The van der Waals surface area contributed by atoms with Crippen molar-refractivity contribution in [2.45, 2.75) is 19.4 Å². The Morgan fingerprint density at radius 3 is 2.73 bits per heavy atom. The van der Waals surface area contributed by atoms with Crippen molar-refractivity contribution in [3.63, 3.8) is 0 Å². The summed E-state index contributed by atoms with van der Waals surface area (Å²) in [5.74, 6) is 0.809. The van der Waals surface area contributed by atoms with Crippen molar-refractivity contribution in [1.29, 1.82) is 0 Å². The molecule has 4 nitrogen and oxygen atoms in total. The molecule has 1 amide bonds. The normalized spacial score (nSPS) is 17.5. The fourth-order valence-corrected chi connectivity index (χ4v) is 2.83. The lowest BCUT2D eigenvalue weighted by Gasteiger charge is -2.37. The monoisotopic (exact) mass is 319 g/mol. The van der Waals surface area contributed by atoms with E-state index in [-0.39, 0.29) is 11.5 Å². The van der Waals surface area contributed by atoms with Gasteiger partial charge in [0, 0.05) is 18.7 Å². The molecule has 1 fully saturated rings. The van der Waals surface area contributed by atoms with Crippen LogP contribution in [0.15, 0.2) is 40.8 Å². The molecule has 0 spiro atoms. The summed E-state index contributed by atoms with van der Waals surface area (Å²) in [6.07, 6.45) is 0. The quantitative estimate of drug-likeness (QED) is 0.844. The molecule has 116 valence electrons. The van der Waals surface area contributed by atoms with Gasteiger partial charge in [-0.05, 0) is 38.1 Å². The van der Waals surface area contributed by atoms with Crippen LogP contribution in [0.2, 0.25) is 5.02 Å². The van der Waals surface area contributed by atoms with Gasteiger partial charge < -0.3 is 14.1 Å². The second-order valence-electron chi connectivity index (χ2n) is 5.98. The maximum absolute atomic E-state index is 12.6. The number of ether oxygens (including phenoxy) is 1. The first-order valence-corrected chi connectivity index (χ1v) is 7.62. The highest BCUT2D eigenvalue weighted by atomic mass is 35.5. The zero-order chi connectivity index (χ0) is 15.7. The van der Waals surface area contributed by atoms with Gasteiger partial charge in [0.15, 0.2) is 5.76 Å².